The van der Waals surface area contributed by atoms with Crippen molar-refractivity contribution in [3.63, 3.8) is 0 Å². The fourth-order valence-corrected chi connectivity index (χ4v) is 1.33. The Labute approximate surface area is 75.9 Å². The molecule has 2 heteroatoms. The summed E-state index contributed by atoms with van der Waals surface area (Å²) in [6.45, 7) is 12.2. The first-order valence-corrected chi connectivity index (χ1v) is 5.01. The average Bonchev–Trinajstić information content (AvgIpc) is 1.94. The van der Waals surface area contributed by atoms with Gasteiger partial charge in [-0.2, -0.15) is 0 Å². The molecule has 0 aromatic heterocycles. The number of nitrogens with zero attached hydrogens (tertiary/aromatic N) is 1. The molecule has 1 atom stereocenters. The van der Waals surface area contributed by atoms with E-state index >= 15 is 0 Å². The van der Waals surface area contributed by atoms with Gasteiger partial charge in [0.05, 0.1) is 12.2 Å². The second kappa shape index (κ2) is 4.24. The standard InChI is InChI=1S/C10H21NO/c1-5-11-6-10(7-11)12-9(4)8(2)3/h8-10H,5-7H2,1-4H3/t9-/m0/s1. The second-order valence-electron chi connectivity index (χ2n) is 4.06. The van der Waals surface area contributed by atoms with E-state index in [0.29, 0.717) is 18.1 Å². The molecule has 0 saturated carbocycles. The van der Waals surface area contributed by atoms with Crippen molar-refractivity contribution in [2.45, 2.75) is 39.9 Å². The summed E-state index contributed by atoms with van der Waals surface area (Å²) in [5, 5.41) is 0. The van der Waals surface area contributed by atoms with Gasteiger partial charge in [-0.3, -0.25) is 4.90 Å². The molecule has 1 heterocycles. The Morgan fingerprint density at radius 3 is 2.33 bits per heavy atom. The Hall–Kier alpha value is -0.0800. The molecule has 12 heavy (non-hydrogen) atoms. The van der Waals surface area contributed by atoms with Crippen LogP contribution in [0.4, 0.5) is 0 Å². The molecule has 0 aromatic carbocycles. The van der Waals surface area contributed by atoms with E-state index in [1.165, 1.54) is 0 Å². The van der Waals surface area contributed by atoms with Gasteiger partial charge in [-0.25, -0.2) is 0 Å². The van der Waals surface area contributed by atoms with Gasteiger partial charge >= 0.3 is 0 Å². The number of rotatable bonds is 4. The zero-order valence-electron chi connectivity index (χ0n) is 8.71. The first-order chi connectivity index (χ1) is 5.63. The van der Waals surface area contributed by atoms with Crippen LogP contribution in [-0.4, -0.2) is 36.7 Å². The Bertz CT molecular complexity index is 130. The molecule has 0 aromatic rings. The number of likely N-dealkylation sites (N-methyl/N-ethyl adjacent to an activating group) is 1. The molecule has 2 nitrogen and oxygen atoms in total. The molecule has 1 saturated heterocycles. The Morgan fingerprint density at radius 1 is 1.33 bits per heavy atom. The van der Waals surface area contributed by atoms with E-state index in [1.54, 1.807) is 0 Å². The van der Waals surface area contributed by atoms with Crippen LogP contribution < -0.4 is 0 Å². The molecular weight excluding hydrogens is 150 g/mol. The van der Waals surface area contributed by atoms with Gasteiger partial charge in [0.1, 0.15) is 0 Å². The lowest BCUT2D eigenvalue weighted by Crippen LogP contribution is -2.53. The van der Waals surface area contributed by atoms with Crippen molar-refractivity contribution in [2.75, 3.05) is 19.6 Å². The van der Waals surface area contributed by atoms with Crippen LogP contribution in [0.1, 0.15) is 27.7 Å². The van der Waals surface area contributed by atoms with Gasteiger partial charge in [0, 0.05) is 13.1 Å². The van der Waals surface area contributed by atoms with E-state index in [9.17, 15) is 0 Å². The number of ether oxygens (including phenoxy) is 1. The monoisotopic (exact) mass is 171 g/mol. The molecule has 1 aliphatic heterocycles. The Morgan fingerprint density at radius 2 is 1.92 bits per heavy atom. The van der Waals surface area contributed by atoms with Gasteiger partial charge in [-0.15, -0.1) is 0 Å². The highest BCUT2D eigenvalue weighted by Gasteiger charge is 2.27. The van der Waals surface area contributed by atoms with Crippen molar-refractivity contribution in [1.82, 2.24) is 4.90 Å². The van der Waals surface area contributed by atoms with Crippen LogP contribution in [0, 0.1) is 5.92 Å². The smallest absolute Gasteiger partial charge is 0.0832 e. The zero-order valence-corrected chi connectivity index (χ0v) is 8.71. The fourth-order valence-electron chi connectivity index (χ4n) is 1.33. The summed E-state index contributed by atoms with van der Waals surface area (Å²) in [5.41, 5.74) is 0. The summed E-state index contributed by atoms with van der Waals surface area (Å²) in [5.74, 6) is 0.640. The molecule has 1 fully saturated rings. The maximum Gasteiger partial charge on any atom is 0.0832 e. The molecule has 0 aliphatic carbocycles. The summed E-state index contributed by atoms with van der Waals surface area (Å²) in [6.07, 6.45) is 0.913. The second-order valence-corrected chi connectivity index (χ2v) is 4.06. The first-order valence-electron chi connectivity index (χ1n) is 5.01. The lowest BCUT2D eigenvalue weighted by atomic mass is 10.1. The average molecular weight is 171 g/mol. The van der Waals surface area contributed by atoms with Crippen LogP contribution in [0.15, 0.2) is 0 Å². The van der Waals surface area contributed by atoms with Crippen LogP contribution in [0.5, 0.6) is 0 Å². The van der Waals surface area contributed by atoms with Crippen LogP contribution in [-0.2, 0) is 4.74 Å². The third-order valence-corrected chi connectivity index (χ3v) is 2.72. The SMILES string of the molecule is CCN1CC(O[C@@H](C)C(C)C)C1. The van der Waals surface area contributed by atoms with Crippen LogP contribution in [0.3, 0.4) is 0 Å². The predicted molar refractivity (Wildman–Crippen MR) is 51.3 cm³/mol. The molecule has 0 spiro atoms. The fraction of sp³-hybridized carbons (Fsp3) is 1.00. The largest absolute Gasteiger partial charge is 0.372 e. The van der Waals surface area contributed by atoms with Crippen molar-refractivity contribution in [3.05, 3.63) is 0 Å². The lowest BCUT2D eigenvalue weighted by Gasteiger charge is -2.40. The van der Waals surface area contributed by atoms with Crippen LogP contribution in [0.2, 0.25) is 0 Å². The maximum atomic E-state index is 5.84. The molecule has 1 rings (SSSR count). The predicted octanol–water partition coefficient (Wildman–Crippen LogP) is 1.75. The van der Waals surface area contributed by atoms with Gasteiger partial charge < -0.3 is 4.74 Å². The third-order valence-electron chi connectivity index (χ3n) is 2.72. The molecule has 0 radical (unpaired) electrons. The van der Waals surface area contributed by atoms with Gasteiger partial charge in [0.25, 0.3) is 0 Å². The highest BCUT2D eigenvalue weighted by molar-refractivity contribution is 4.80. The van der Waals surface area contributed by atoms with E-state index in [1.807, 2.05) is 0 Å². The summed E-state index contributed by atoms with van der Waals surface area (Å²) < 4.78 is 5.84. The minimum absolute atomic E-state index is 0.411. The quantitative estimate of drug-likeness (QED) is 0.639. The van der Waals surface area contributed by atoms with E-state index in [4.69, 9.17) is 4.74 Å². The molecule has 72 valence electrons. The lowest BCUT2D eigenvalue weighted by molar-refractivity contribution is -0.0974. The van der Waals surface area contributed by atoms with Gasteiger partial charge in [0.15, 0.2) is 0 Å². The molecule has 0 unspecified atom stereocenters. The van der Waals surface area contributed by atoms with E-state index in [0.717, 1.165) is 19.6 Å². The number of likely N-dealkylation sites (tertiary alicyclic amines) is 1. The van der Waals surface area contributed by atoms with E-state index in [2.05, 4.69) is 32.6 Å². The highest BCUT2D eigenvalue weighted by atomic mass is 16.5. The zero-order chi connectivity index (χ0) is 9.14. The molecule has 1 aliphatic rings. The van der Waals surface area contributed by atoms with E-state index < -0.39 is 0 Å². The first kappa shape index (κ1) is 10.0. The Kier molecular flexibility index (Phi) is 3.53. The summed E-state index contributed by atoms with van der Waals surface area (Å²) in [4.78, 5) is 2.40. The maximum absolute atomic E-state index is 5.84. The molecular formula is C10H21NO. The summed E-state index contributed by atoms with van der Waals surface area (Å²) >= 11 is 0. The molecule has 0 N–H and O–H groups in total. The highest BCUT2D eigenvalue weighted by Crippen LogP contribution is 2.16. The Balaban J connectivity index is 2.10. The number of hydrogen-bond donors (Lipinski definition) is 0. The molecule has 0 bridgehead atoms. The van der Waals surface area contributed by atoms with Crippen molar-refractivity contribution in [1.29, 1.82) is 0 Å². The minimum Gasteiger partial charge on any atom is -0.372 e. The van der Waals surface area contributed by atoms with Gasteiger partial charge in [-0.05, 0) is 19.4 Å². The minimum atomic E-state index is 0.411. The van der Waals surface area contributed by atoms with Crippen LogP contribution in [0.25, 0.3) is 0 Å². The van der Waals surface area contributed by atoms with Crippen LogP contribution >= 0.6 is 0 Å². The van der Waals surface area contributed by atoms with Crippen molar-refractivity contribution >= 4 is 0 Å². The van der Waals surface area contributed by atoms with Crippen molar-refractivity contribution in [2.24, 2.45) is 5.92 Å². The van der Waals surface area contributed by atoms with Gasteiger partial charge in [0.2, 0.25) is 0 Å². The normalized spacial score (nSPS) is 22.8. The van der Waals surface area contributed by atoms with Gasteiger partial charge in [-0.1, -0.05) is 20.8 Å². The van der Waals surface area contributed by atoms with Crippen molar-refractivity contribution < 1.29 is 4.74 Å². The summed E-state index contributed by atoms with van der Waals surface area (Å²) in [7, 11) is 0. The van der Waals surface area contributed by atoms with Crippen molar-refractivity contribution in [3.8, 4) is 0 Å². The molecule has 0 amide bonds. The third kappa shape index (κ3) is 2.46. The number of hydrogen-bond acceptors (Lipinski definition) is 2. The topological polar surface area (TPSA) is 12.5 Å². The summed E-state index contributed by atoms with van der Waals surface area (Å²) in [6, 6.07) is 0. The van der Waals surface area contributed by atoms with E-state index in [-0.39, 0.29) is 0 Å².